The van der Waals surface area contributed by atoms with Crippen LogP contribution in [0.25, 0.3) is 11.1 Å². The summed E-state index contributed by atoms with van der Waals surface area (Å²) in [6.45, 7) is 3.49. The van der Waals surface area contributed by atoms with Gasteiger partial charge >= 0.3 is 18.3 Å². The first-order valence-electron chi connectivity index (χ1n) is 15.7. The minimum Gasteiger partial charge on any atom is -0.496 e. The molecule has 0 saturated heterocycles. The van der Waals surface area contributed by atoms with Crippen molar-refractivity contribution in [2.24, 2.45) is 0 Å². The van der Waals surface area contributed by atoms with Gasteiger partial charge in [-0.3, -0.25) is 4.79 Å². The van der Waals surface area contributed by atoms with E-state index in [9.17, 15) is 31.1 Å². The first-order chi connectivity index (χ1) is 24.0. The lowest BCUT2D eigenvalue weighted by atomic mass is 9.93. The largest absolute Gasteiger partial charge is 0.496 e. The number of rotatable bonds is 15. The predicted molar refractivity (Wildman–Crippen MR) is 176 cm³/mol. The molecule has 0 fully saturated rings. The molecular formula is C36H37F6N3O6. The zero-order valence-corrected chi connectivity index (χ0v) is 28.5. The number of hydrogen-bond donors (Lipinski definition) is 1. The Balaban J connectivity index is 1.88. The number of anilines is 1. The molecule has 15 heteroatoms. The second-order valence-corrected chi connectivity index (χ2v) is 11.8. The molecule has 0 amide bonds. The Morgan fingerprint density at radius 3 is 1.90 bits per heavy atom. The maximum absolute atomic E-state index is 13.8. The van der Waals surface area contributed by atoms with E-state index < -0.39 is 36.0 Å². The van der Waals surface area contributed by atoms with E-state index in [1.54, 1.807) is 12.1 Å². The molecule has 0 aliphatic heterocycles. The van der Waals surface area contributed by atoms with Crippen molar-refractivity contribution in [1.29, 1.82) is 0 Å². The van der Waals surface area contributed by atoms with Crippen LogP contribution in [0.2, 0.25) is 0 Å². The second kappa shape index (κ2) is 16.2. The summed E-state index contributed by atoms with van der Waals surface area (Å²) in [5.74, 6) is 0.483. The molecule has 1 N–H and O–H groups in total. The van der Waals surface area contributed by atoms with Crippen molar-refractivity contribution in [2.75, 3.05) is 32.8 Å². The highest BCUT2D eigenvalue weighted by molar-refractivity contribution is 5.77. The molecule has 4 rings (SSSR count). The molecule has 0 radical (unpaired) electrons. The quantitative estimate of drug-likeness (QED) is 0.0953. The summed E-state index contributed by atoms with van der Waals surface area (Å²) in [5, 5.41) is 8.86. The van der Waals surface area contributed by atoms with E-state index >= 15 is 0 Å². The van der Waals surface area contributed by atoms with E-state index in [-0.39, 0.29) is 55.2 Å². The van der Waals surface area contributed by atoms with E-state index in [2.05, 4.69) is 9.97 Å². The number of halogens is 6. The molecule has 274 valence electrons. The van der Waals surface area contributed by atoms with Gasteiger partial charge in [0.15, 0.2) is 17.2 Å². The molecule has 0 aliphatic carbocycles. The van der Waals surface area contributed by atoms with E-state index in [4.69, 9.17) is 24.1 Å². The SMILES string of the molecule is COc1cc(CN(Cc2cc(C(F)(F)F)cc(C(F)(F)F)c2)c2ncc(OCCCC(=O)O)cn2)c(-c2cc(C(C)C)ccc2OC)cc1OC. The van der Waals surface area contributed by atoms with Gasteiger partial charge in [0, 0.05) is 25.1 Å². The van der Waals surface area contributed by atoms with Crippen molar-refractivity contribution >= 4 is 11.9 Å². The Morgan fingerprint density at radius 2 is 1.37 bits per heavy atom. The van der Waals surface area contributed by atoms with Gasteiger partial charge in [0.05, 0.1) is 51.5 Å². The van der Waals surface area contributed by atoms with Gasteiger partial charge in [0.25, 0.3) is 0 Å². The Hall–Kier alpha value is -5.21. The van der Waals surface area contributed by atoms with Gasteiger partial charge in [-0.1, -0.05) is 19.9 Å². The van der Waals surface area contributed by atoms with Gasteiger partial charge in [-0.25, -0.2) is 9.97 Å². The van der Waals surface area contributed by atoms with Crippen LogP contribution in [0.5, 0.6) is 23.0 Å². The van der Waals surface area contributed by atoms with Crippen LogP contribution < -0.4 is 23.8 Å². The molecule has 0 saturated carbocycles. The van der Waals surface area contributed by atoms with Gasteiger partial charge in [0.1, 0.15) is 5.75 Å². The Morgan fingerprint density at radius 1 is 0.784 bits per heavy atom. The summed E-state index contributed by atoms with van der Waals surface area (Å²) in [7, 11) is 4.39. The van der Waals surface area contributed by atoms with E-state index in [0.29, 0.717) is 46.1 Å². The molecular weight excluding hydrogens is 684 g/mol. The summed E-state index contributed by atoms with van der Waals surface area (Å²) < 4.78 is 105. The normalized spacial score (nSPS) is 11.8. The number of aromatic nitrogens is 2. The third-order valence-electron chi connectivity index (χ3n) is 7.87. The number of alkyl halides is 6. The first kappa shape index (κ1) is 38.6. The first-order valence-corrected chi connectivity index (χ1v) is 15.7. The molecule has 0 atom stereocenters. The minimum atomic E-state index is -5.05. The third-order valence-corrected chi connectivity index (χ3v) is 7.87. The number of benzene rings is 3. The van der Waals surface area contributed by atoms with Gasteiger partial charge in [-0.15, -0.1) is 0 Å². The molecule has 4 aromatic rings. The van der Waals surface area contributed by atoms with Crippen molar-refractivity contribution in [3.05, 3.63) is 88.7 Å². The maximum Gasteiger partial charge on any atom is 0.416 e. The van der Waals surface area contributed by atoms with Crippen molar-refractivity contribution in [2.45, 2.75) is 58.0 Å². The Labute approximate surface area is 290 Å². The second-order valence-electron chi connectivity index (χ2n) is 11.8. The van der Waals surface area contributed by atoms with Crippen LogP contribution in [0.3, 0.4) is 0 Å². The lowest BCUT2D eigenvalue weighted by molar-refractivity contribution is -0.143. The molecule has 0 bridgehead atoms. The lowest BCUT2D eigenvalue weighted by Crippen LogP contribution is -2.25. The number of carboxylic acid groups (broad SMARTS) is 1. The topological polar surface area (TPSA) is 103 Å². The average molecular weight is 722 g/mol. The van der Waals surface area contributed by atoms with Crippen LogP contribution in [-0.4, -0.2) is 49.0 Å². The summed E-state index contributed by atoms with van der Waals surface area (Å²) in [4.78, 5) is 20.9. The van der Waals surface area contributed by atoms with Crippen LogP contribution in [0.1, 0.15) is 60.4 Å². The van der Waals surface area contributed by atoms with Crippen molar-refractivity contribution in [1.82, 2.24) is 9.97 Å². The lowest BCUT2D eigenvalue weighted by Gasteiger charge is -2.26. The van der Waals surface area contributed by atoms with E-state index in [1.165, 1.54) is 38.6 Å². The molecule has 51 heavy (non-hydrogen) atoms. The maximum atomic E-state index is 13.8. The zero-order chi connectivity index (χ0) is 37.5. The molecule has 0 aliphatic rings. The van der Waals surface area contributed by atoms with Gasteiger partial charge in [-0.05, 0) is 77.1 Å². The number of carboxylic acids is 1. The number of hydrogen-bond acceptors (Lipinski definition) is 8. The van der Waals surface area contributed by atoms with Crippen LogP contribution in [0.15, 0.2) is 60.9 Å². The monoisotopic (exact) mass is 721 g/mol. The van der Waals surface area contributed by atoms with Crippen LogP contribution in [0.4, 0.5) is 32.3 Å². The number of aliphatic carboxylic acids is 1. The molecule has 0 spiro atoms. The smallest absolute Gasteiger partial charge is 0.416 e. The van der Waals surface area contributed by atoms with E-state index in [1.807, 2.05) is 32.0 Å². The van der Waals surface area contributed by atoms with Crippen LogP contribution in [-0.2, 0) is 30.2 Å². The van der Waals surface area contributed by atoms with E-state index in [0.717, 1.165) is 5.56 Å². The summed E-state index contributed by atoms with van der Waals surface area (Å²) in [6.07, 6.45) is -7.44. The molecule has 1 aromatic heterocycles. The Bertz CT molecular complexity index is 1780. The highest BCUT2D eigenvalue weighted by atomic mass is 19.4. The fourth-order valence-electron chi connectivity index (χ4n) is 5.29. The molecule has 0 unspecified atom stereocenters. The van der Waals surface area contributed by atoms with Crippen molar-refractivity contribution in [3.63, 3.8) is 0 Å². The number of carbonyl (C=O) groups is 1. The predicted octanol–water partition coefficient (Wildman–Crippen LogP) is 8.78. The fraction of sp³-hybridized carbons (Fsp3) is 0.361. The fourth-order valence-corrected chi connectivity index (χ4v) is 5.29. The molecule has 3 aromatic carbocycles. The Kier molecular flexibility index (Phi) is 12.3. The minimum absolute atomic E-state index is 0.0394. The number of nitrogens with zero attached hydrogens (tertiary/aromatic N) is 3. The number of methoxy groups -OCH3 is 3. The molecule has 1 heterocycles. The van der Waals surface area contributed by atoms with Crippen LogP contribution >= 0.6 is 0 Å². The number of ether oxygens (including phenoxy) is 4. The standard InChI is InChI=1S/C36H37F6N3O6/c1-21(2)23-8-9-30(48-3)29(13-23)28-16-32(50-5)31(49-4)14-24(28)20-45(34-43-17-27(18-44-34)51-10-6-7-33(46)47)19-22-11-25(35(37,38)39)15-26(12-22)36(40,41)42/h8-9,11-18,21H,6-7,10,19-20H2,1-5H3,(H,46,47). The molecule has 9 nitrogen and oxygen atoms in total. The van der Waals surface area contributed by atoms with Gasteiger partial charge in [0.2, 0.25) is 5.95 Å². The van der Waals surface area contributed by atoms with Crippen molar-refractivity contribution < 1.29 is 55.2 Å². The highest BCUT2D eigenvalue weighted by Crippen LogP contribution is 2.42. The summed E-state index contributed by atoms with van der Waals surface area (Å²) in [5.41, 5.74) is -0.446. The van der Waals surface area contributed by atoms with Gasteiger partial charge in [-0.2, -0.15) is 26.3 Å². The average Bonchev–Trinajstić information content (AvgIpc) is 3.08. The van der Waals surface area contributed by atoms with Gasteiger partial charge < -0.3 is 29.0 Å². The van der Waals surface area contributed by atoms with Crippen molar-refractivity contribution in [3.8, 4) is 34.1 Å². The van der Waals surface area contributed by atoms with Crippen LogP contribution in [0, 0.1) is 0 Å². The highest BCUT2D eigenvalue weighted by Gasteiger charge is 2.37. The zero-order valence-electron chi connectivity index (χ0n) is 28.5. The summed E-state index contributed by atoms with van der Waals surface area (Å²) >= 11 is 0. The third kappa shape index (κ3) is 9.95. The summed E-state index contributed by atoms with van der Waals surface area (Å²) in [6, 6.07) is 10.4.